The molecule has 0 aliphatic heterocycles. The van der Waals surface area contributed by atoms with Crippen LogP contribution in [0.1, 0.15) is 69.5 Å². The first-order chi connectivity index (χ1) is 12.6. The minimum absolute atomic E-state index is 0.199. The maximum atomic E-state index is 12.8. The van der Waals surface area contributed by atoms with Gasteiger partial charge in [-0.25, -0.2) is 0 Å². The number of amides is 2. The van der Waals surface area contributed by atoms with Crippen LogP contribution in [0.3, 0.4) is 0 Å². The predicted molar refractivity (Wildman–Crippen MR) is 112 cm³/mol. The van der Waals surface area contributed by atoms with E-state index in [4.69, 9.17) is 5.73 Å². The van der Waals surface area contributed by atoms with Crippen molar-refractivity contribution in [2.75, 3.05) is 5.32 Å². The lowest BCUT2D eigenvalue weighted by Crippen LogP contribution is -2.27. The molecule has 0 saturated carbocycles. The van der Waals surface area contributed by atoms with E-state index in [0.29, 0.717) is 22.0 Å². The Morgan fingerprint density at radius 2 is 1.78 bits per heavy atom. The fraction of sp³-hybridized carbons (Fsp3) is 0.455. The number of aryl methyl sites for hydroxylation is 2. The Morgan fingerprint density at radius 1 is 1.15 bits per heavy atom. The number of hydrogen-bond donors (Lipinski definition) is 2. The van der Waals surface area contributed by atoms with E-state index in [1.165, 1.54) is 16.2 Å². The first-order valence-corrected chi connectivity index (χ1v) is 10.2. The first kappa shape index (κ1) is 19.6. The van der Waals surface area contributed by atoms with Crippen LogP contribution in [0.15, 0.2) is 18.2 Å². The number of rotatable bonds is 3. The van der Waals surface area contributed by atoms with Crippen LogP contribution < -0.4 is 11.1 Å². The molecular weight excluding hydrogens is 356 g/mol. The van der Waals surface area contributed by atoms with Crippen molar-refractivity contribution in [3.05, 3.63) is 50.9 Å². The second-order valence-electron chi connectivity index (χ2n) is 8.71. The third-order valence-electron chi connectivity index (χ3n) is 5.45. The molecule has 0 fully saturated rings. The van der Waals surface area contributed by atoms with Crippen LogP contribution in [0, 0.1) is 25.2 Å². The van der Waals surface area contributed by atoms with Gasteiger partial charge in [0.05, 0.1) is 5.56 Å². The zero-order chi connectivity index (χ0) is 19.9. The van der Waals surface area contributed by atoms with Crippen molar-refractivity contribution in [1.82, 2.24) is 0 Å². The summed E-state index contributed by atoms with van der Waals surface area (Å²) in [4.78, 5) is 26.1. The normalized spacial score (nSPS) is 16.7. The minimum Gasteiger partial charge on any atom is -0.365 e. The lowest BCUT2D eigenvalue weighted by molar-refractivity contribution is 0.1000. The van der Waals surface area contributed by atoms with Gasteiger partial charge in [0, 0.05) is 10.4 Å². The number of primary amides is 1. The number of nitrogens with one attached hydrogen (secondary N) is 1. The van der Waals surface area contributed by atoms with Crippen molar-refractivity contribution >= 4 is 28.2 Å². The summed E-state index contributed by atoms with van der Waals surface area (Å²) in [7, 11) is 0. The van der Waals surface area contributed by atoms with Crippen LogP contribution in [0.2, 0.25) is 0 Å². The number of fused-ring (bicyclic) bond motifs is 1. The van der Waals surface area contributed by atoms with Crippen LogP contribution in [0.5, 0.6) is 0 Å². The Balaban J connectivity index is 1.93. The Hall–Kier alpha value is -2.14. The summed E-state index contributed by atoms with van der Waals surface area (Å²) in [5, 5.41) is 3.54. The number of benzene rings is 1. The number of anilines is 1. The molecule has 4 nitrogen and oxygen atoms in total. The predicted octanol–water partition coefficient (Wildman–Crippen LogP) is 4.87. The second-order valence-corrected chi connectivity index (χ2v) is 9.81. The molecule has 5 heteroatoms. The molecule has 27 heavy (non-hydrogen) atoms. The van der Waals surface area contributed by atoms with Gasteiger partial charge in [0.25, 0.3) is 11.8 Å². The van der Waals surface area contributed by atoms with Crippen molar-refractivity contribution in [2.24, 2.45) is 17.1 Å². The van der Waals surface area contributed by atoms with Crippen LogP contribution in [-0.4, -0.2) is 11.8 Å². The zero-order valence-corrected chi connectivity index (χ0v) is 17.5. The summed E-state index contributed by atoms with van der Waals surface area (Å²) < 4.78 is 0. The van der Waals surface area contributed by atoms with Gasteiger partial charge in [0.2, 0.25) is 0 Å². The lowest BCUT2D eigenvalue weighted by Gasteiger charge is -2.33. The van der Waals surface area contributed by atoms with E-state index < -0.39 is 5.91 Å². The molecule has 1 heterocycles. The van der Waals surface area contributed by atoms with Gasteiger partial charge in [-0.15, -0.1) is 11.3 Å². The summed E-state index contributed by atoms with van der Waals surface area (Å²) in [6.45, 7) is 10.7. The molecular formula is C22H28N2O2S. The highest BCUT2D eigenvalue weighted by molar-refractivity contribution is 7.17. The van der Waals surface area contributed by atoms with Crippen LogP contribution >= 0.6 is 11.3 Å². The number of hydrogen-bond acceptors (Lipinski definition) is 3. The molecule has 1 aliphatic carbocycles. The van der Waals surface area contributed by atoms with Crippen molar-refractivity contribution in [3.63, 3.8) is 0 Å². The van der Waals surface area contributed by atoms with Crippen molar-refractivity contribution in [2.45, 2.75) is 53.9 Å². The molecule has 1 aromatic carbocycles. The van der Waals surface area contributed by atoms with E-state index in [9.17, 15) is 9.59 Å². The molecule has 1 atom stereocenters. The molecule has 3 rings (SSSR count). The van der Waals surface area contributed by atoms with Gasteiger partial charge in [-0.2, -0.15) is 0 Å². The Kier molecular flexibility index (Phi) is 5.17. The molecule has 0 radical (unpaired) electrons. The van der Waals surface area contributed by atoms with E-state index >= 15 is 0 Å². The largest absolute Gasteiger partial charge is 0.365 e. The van der Waals surface area contributed by atoms with E-state index in [1.807, 2.05) is 32.0 Å². The highest BCUT2D eigenvalue weighted by Crippen LogP contribution is 2.44. The van der Waals surface area contributed by atoms with Crippen LogP contribution in [-0.2, 0) is 12.8 Å². The Labute approximate surface area is 165 Å². The SMILES string of the molecule is Cc1cc(C)cc(C(=O)Nc2sc3c(c2C(N)=O)CCC(C(C)(C)C)C3)c1. The van der Waals surface area contributed by atoms with Crippen LogP contribution in [0.4, 0.5) is 5.00 Å². The number of carbonyl (C=O) groups is 2. The fourth-order valence-electron chi connectivity index (χ4n) is 3.95. The molecule has 2 aromatic rings. The van der Waals surface area contributed by atoms with Gasteiger partial charge in [-0.1, -0.05) is 38.0 Å². The molecule has 0 spiro atoms. The summed E-state index contributed by atoms with van der Waals surface area (Å²) in [5.74, 6) is -0.0972. The third kappa shape index (κ3) is 4.08. The quantitative estimate of drug-likeness (QED) is 0.792. The molecule has 0 bridgehead atoms. The molecule has 144 valence electrons. The Bertz CT molecular complexity index is 886. The third-order valence-corrected chi connectivity index (χ3v) is 6.62. The summed E-state index contributed by atoms with van der Waals surface area (Å²) >= 11 is 1.51. The van der Waals surface area contributed by atoms with Crippen molar-refractivity contribution in [1.29, 1.82) is 0 Å². The number of nitrogens with two attached hydrogens (primary N) is 1. The highest BCUT2D eigenvalue weighted by Gasteiger charge is 2.33. The molecule has 1 aliphatic rings. The fourth-order valence-corrected chi connectivity index (χ4v) is 5.28. The van der Waals surface area contributed by atoms with E-state index in [0.717, 1.165) is 36.0 Å². The topological polar surface area (TPSA) is 72.2 Å². The van der Waals surface area contributed by atoms with Gasteiger partial charge >= 0.3 is 0 Å². The minimum atomic E-state index is -0.461. The molecule has 1 aromatic heterocycles. The van der Waals surface area contributed by atoms with Gasteiger partial charge in [0.1, 0.15) is 5.00 Å². The monoisotopic (exact) mass is 384 g/mol. The van der Waals surface area contributed by atoms with Gasteiger partial charge in [-0.05, 0) is 62.1 Å². The van der Waals surface area contributed by atoms with E-state index in [2.05, 4.69) is 26.1 Å². The van der Waals surface area contributed by atoms with Gasteiger partial charge in [0.15, 0.2) is 0 Å². The van der Waals surface area contributed by atoms with Crippen LogP contribution in [0.25, 0.3) is 0 Å². The molecule has 0 saturated heterocycles. The second kappa shape index (κ2) is 7.12. The average molecular weight is 385 g/mol. The lowest BCUT2D eigenvalue weighted by atomic mass is 9.72. The van der Waals surface area contributed by atoms with Crippen molar-refractivity contribution in [3.8, 4) is 0 Å². The zero-order valence-electron chi connectivity index (χ0n) is 16.7. The first-order valence-electron chi connectivity index (χ1n) is 9.40. The van der Waals surface area contributed by atoms with Gasteiger partial charge < -0.3 is 11.1 Å². The Morgan fingerprint density at radius 3 is 2.33 bits per heavy atom. The average Bonchev–Trinajstić information content (AvgIpc) is 2.90. The maximum Gasteiger partial charge on any atom is 0.256 e. The standard InChI is InChI=1S/C22H28N2O2S/c1-12-8-13(2)10-14(9-12)20(26)24-21-18(19(23)25)16-7-6-15(22(3,4)5)11-17(16)27-21/h8-10,15H,6-7,11H2,1-5H3,(H2,23,25)(H,24,26). The number of thiophene rings is 1. The maximum absolute atomic E-state index is 12.8. The van der Waals surface area contributed by atoms with Gasteiger partial charge in [-0.3, -0.25) is 9.59 Å². The number of carbonyl (C=O) groups excluding carboxylic acids is 2. The summed E-state index contributed by atoms with van der Waals surface area (Å²) in [6, 6.07) is 5.74. The molecule has 1 unspecified atom stereocenters. The van der Waals surface area contributed by atoms with E-state index in [1.54, 1.807) is 0 Å². The summed E-state index contributed by atoms with van der Waals surface area (Å²) in [5.41, 5.74) is 10.1. The smallest absolute Gasteiger partial charge is 0.256 e. The molecule has 3 N–H and O–H groups in total. The highest BCUT2D eigenvalue weighted by atomic mass is 32.1. The molecule has 2 amide bonds. The van der Waals surface area contributed by atoms with Crippen molar-refractivity contribution < 1.29 is 9.59 Å². The van der Waals surface area contributed by atoms with E-state index in [-0.39, 0.29) is 11.3 Å². The summed E-state index contributed by atoms with van der Waals surface area (Å²) in [6.07, 6.45) is 2.81.